The Morgan fingerprint density at radius 1 is 1.23 bits per heavy atom. The van der Waals surface area contributed by atoms with Gasteiger partial charge in [-0.1, -0.05) is 6.42 Å². The molecule has 1 aromatic rings. The summed E-state index contributed by atoms with van der Waals surface area (Å²) in [5, 5.41) is 3.29. The van der Waals surface area contributed by atoms with Gasteiger partial charge in [0.05, 0.1) is 12.7 Å². The number of nitrogens with one attached hydrogen (secondary N) is 2. The molecule has 3 atom stereocenters. The van der Waals surface area contributed by atoms with E-state index in [0.29, 0.717) is 31.1 Å². The van der Waals surface area contributed by atoms with E-state index in [9.17, 15) is 8.42 Å². The molecule has 8 nitrogen and oxygen atoms in total. The number of hydrogen-bond donors (Lipinski definition) is 2. The van der Waals surface area contributed by atoms with Crippen LogP contribution in [0, 0.1) is 12.3 Å². The molecular weight excluding hydrogens is 406 g/mol. The van der Waals surface area contributed by atoms with E-state index in [1.54, 1.807) is 20.1 Å². The van der Waals surface area contributed by atoms with Crippen LogP contribution in [0.2, 0.25) is 0 Å². The number of aromatic nitrogens is 1. The zero-order valence-corrected chi connectivity index (χ0v) is 18.7. The van der Waals surface area contributed by atoms with E-state index >= 15 is 0 Å². The first-order valence-corrected chi connectivity index (χ1v) is 12.3. The normalized spacial score (nSPS) is 31.2. The highest BCUT2D eigenvalue weighted by molar-refractivity contribution is 7.89. The van der Waals surface area contributed by atoms with Crippen molar-refractivity contribution in [1.29, 1.82) is 0 Å². The SMILES string of the molecule is COCC1(CNc2cc(C)c(S(=O)(=O)NC[C@]34CCC[C@H]3OCC4)cn2)CCCO1. The summed E-state index contributed by atoms with van der Waals surface area (Å²) < 4.78 is 45.8. The summed E-state index contributed by atoms with van der Waals surface area (Å²) in [6.07, 6.45) is 7.62. The Labute approximate surface area is 179 Å². The molecule has 0 bridgehead atoms. The van der Waals surface area contributed by atoms with E-state index < -0.39 is 10.0 Å². The fourth-order valence-corrected chi connectivity index (χ4v) is 6.47. The first-order chi connectivity index (χ1) is 14.4. The van der Waals surface area contributed by atoms with Gasteiger partial charge in [-0.05, 0) is 50.7 Å². The van der Waals surface area contributed by atoms with E-state index in [2.05, 4.69) is 15.0 Å². The molecule has 2 aliphatic heterocycles. The largest absolute Gasteiger partial charge is 0.382 e. The number of nitrogens with zero attached hydrogens (tertiary/aromatic N) is 1. The van der Waals surface area contributed by atoms with Gasteiger partial charge in [-0.2, -0.15) is 0 Å². The van der Waals surface area contributed by atoms with E-state index in [0.717, 1.165) is 51.7 Å². The van der Waals surface area contributed by atoms with Gasteiger partial charge in [-0.15, -0.1) is 0 Å². The van der Waals surface area contributed by atoms with Crippen LogP contribution in [0.15, 0.2) is 17.2 Å². The van der Waals surface area contributed by atoms with Crippen LogP contribution in [0.5, 0.6) is 0 Å². The summed E-state index contributed by atoms with van der Waals surface area (Å²) in [4.78, 5) is 4.57. The second-order valence-electron chi connectivity index (χ2n) is 8.95. The molecule has 1 saturated carbocycles. The van der Waals surface area contributed by atoms with Crippen molar-refractivity contribution in [2.75, 3.05) is 45.3 Å². The zero-order chi connectivity index (χ0) is 21.2. The lowest BCUT2D eigenvalue weighted by atomic mass is 9.83. The lowest BCUT2D eigenvalue weighted by molar-refractivity contribution is -0.0417. The fourth-order valence-electron chi connectivity index (χ4n) is 5.16. The third-order valence-electron chi connectivity index (χ3n) is 6.89. The lowest BCUT2D eigenvalue weighted by Gasteiger charge is -2.28. The Balaban J connectivity index is 1.41. The maximum atomic E-state index is 13.0. The summed E-state index contributed by atoms with van der Waals surface area (Å²) in [6.45, 7) is 4.77. The van der Waals surface area contributed by atoms with Gasteiger partial charge in [0.25, 0.3) is 0 Å². The highest BCUT2D eigenvalue weighted by atomic mass is 32.2. The van der Waals surface area contributed by atoms with Gasteiger partial charge in [0.15, 0.2) is 0 Å². The molecule has 2 N–H and O–H groups in total. The smallest absolute Gasteiger partial charge is 0.242 e. The van der Waals surface area contributed by atoms with Crippen molar-refractivity contribution in [2.24, 2.45) is 5.41 Å². The van der Waals surface area contributed by atoms with Crippen molar-refractivity contribution in [3.05, 3.63) is 17.8 Å². The molecule has 3 fully saturated rings. The number of ether oxygens (including phenoxy) is 3. The zero-order valence-electron chi connectivity index (χ0n) is 17.9. The summed E-state index contributed by atoms with van der Waals surface area (Å²) in [5.41, 5.74) is 0.264. The lowest BCUT2D eigenvalue weighted by Crippen LogP contribution is -2.41. The van der Waals surface area contributed by atoms with Crippen LogP contribution in [0.4, 0.5) is 5.82 Å². The number of pyridine rings is 1. The molecule has 0 spiro atoms. The Bertz CT molecular complexity index is 844. The van der Waals surface area contributed by atoms with Gasteiger partial charge < -0.3 is 19.5 Å². The van der Waals surface area contributed by atoms with Crippen LogP contribution in [0.25, 0.3) is 0 Å². The van der Waals surface area contributed by atoms with Crippen LogP contribution in [0.3, 0.4) is 0 Å². The standard InChI is InChI=1S/C21H33N3O5S/c1-16-11-19(23-14-21(15-27-2)7-4-9-29-21)22-12-17(16)30(25,26)24-13-20-6-3-5-18(20)28-10-8-20/h11-12,18,24H,3-10,13-15H2,1-2H3,(H,22,23)/t18-,20-,21?/m1/s1. The molecule has 9 heteroatoms. The van der Waals surface area contributed by atoms with E-state index in [4.69, 9.17) is 14.2 Å². The van der Waals surface area contributed by atoms with Gasteiger partial charge in [0, 0.05) is 45.0 Å². The molecule has 0 aromatic carbocycles. The molecule has 3 aliphatic rings. The molecule has 1 aliphatic carbocycles. The number of hydrogen-bond acceptors (Lipinski definition) is 7. The monoisotopic (exact) mass is 439 g/mol. The van der Waals surface area contributed by atoms with Crippen LogP contribution in [-0.4, -0.2) is 65.1 Å². The topological polar surface area (TPSA) is 98.8 Å². The average Bonchev–Trinajstić information content (AvgIpc) is 3.41. The molecule has 2 saturated heterocycles. The number of fused-ring (bicyclic) bond motifs is 1. The molecule has 1 aromatic heterocycles. The minimum absolute atomic E-state index is 0.0488. The van der Waals surface area contributed by atoms with Crippen molar-refractivity contribution in [2.45, 2.75) is 62.0 Å². The number of rotatable bonds is 9. The van der Waals surface area contributed by atoms with Crippen molar-refractivity contribution >= 4 is 15.8 Å². The minimum Gasteiger partial charge on any atom is -0.382 e. The maximum absolute atomic E-state index is 13.0. The van der Waals surface area contributed by atoms with Gasteiger partial charge >= 0.3 is 0 Å². The molecule has 0 radical (unpaired) electrons. The number of anilines is 1. The Hall–Kier alpha value is -1.26. The van der Waals surface area contributed by atoms with Crippen molar-refractivity contribution < 1.29 is 22.6 Å². The Morgan fingerprint density at radius 3 is 2.83 bits per heavy atom. The van der Waals surface area contributed by atoms with Crippen LogP contribution in [-0.2, 0) is 24.2 Å². The Morgan fingerprint density at radius 2 is 2.10 bits per heavy atom. The van der Waals surface area contributed by atoms with Crippen LogP contribution in [0.1, 0.15) is 44.1 Å². The van der Waals surface area contributed by atoms with Crippen molar-refractivity contribution in [3.63, 3.8) is 0 Å². The third-order valence-corrected chi connectivity index (χ3v) is 8.42. The van der Waals surface area contributed by atoms with Gasteiger partial charge in [0.2, 0.25) is 10.0 Å². The summed E-state index contributed by atoms with van der Waals surface area (Å²) in [7, 11) is -1.96. The first-order valence-electron chi connectivity index (χ1n) is 10.8. The predicted molar refractivity (Wildman–Crippen MR) is 113 cm³/mol. The summed E-state index contributed by atoms with van der Waals surface area (Å²) in [5.74, 6) is 0.635. The highest BCUT2D eigenvalue weighted by Gasteiger charge is 2.47. The Kier molecular flexibility index (Phi) is 6.37. The van der Waals surface area contributed by atoms with Crippen LogP contribution >= 0.6 is 0 Å². The van der Waals surface area contributed by atoms with E-state index in [1.807, 2.05) is 0 Å². The number of sulfonamides is 1. The predicted octanol–water partition coefficient (Wildman–Crippen LogP) is 2.24. The van der Waals surface area contributed by atoms with Crippen LogP contribution < -0.4 is 10.0 Å². The molecule has 4 rings (SSSR count). The maximum Gasteiger partial charge on any atom is 0.242 e. The molecular formula is C21H33N3O5S. The average molecular weight is 440 g/mol. The second kappa shape index (κ2) is 8.70. The van der Waals surface area contributed by atoms with Gasteiger partial charge in [-0.25, -0.2) is 18.1 Å². The van der Waals surface area contributed by atoms with Crippen molar-refractivity contribution in [1.82, 2.24) is 9.71 Å². The highest BCUT2D eigenvalue weighted by Crippen LogP contribution is 2.47. The first kappa shape index (κ1) is 22.0. The third kappa shape index (κ3) is 4.36. The second-order valence-corrected chi connectivity index (χ2v) is 10.7. The molecule has 168 valence electrons. The minimum atomic E-state index is -3.63. The van der Waals surface area contributed by atoms with Crippen molar-refractivity contribution in [3.8, 4) is 0 Å². The molecule has 3 heterocycles. The summed E-state index contributed by atoms with van der Waals surface area (Å²) in [6, 6.07) is 1.78. The molecule has 0 amide bonds. The fraction of sp³-hybridized carbons (Fsp3) is 0.762. The van der Waals surface area contributed by atoms with E-state index in [-0.39, 0.29) is 22.0 Å². The number of methoxy groups -OCH3 is 1. The molecule has 30 heavy (non-hydrogen) atoms. The number of aryl methyl sites for hydroxylation is 1. The molecule has 1 unspecified atom stereocenters. The van der Waals surface area contributed by atoms with Gasteiger partial charge in [-0.3, -0.25) is 0 Å². The van der Waals surface area contributed by atoms with Gasteiger partial charge in [0.1, 0.15) is 16.3 Å². The summed E-state index contributed by atoms with van der Waals surface area (Å²) >= 11 is 0. The quantitative estimate of drug-likeness (QED) is 0.609. The van der Waals surface area contributed by atoms with E-state index in [1.165, 1.54) is 6.20 Å².